The van der Waals surface area contributed by atoms with Crippen LogP contribution in [0.2, 0.25) is 0 Å². The number of fused-ring (bicyclic) bond motifs is 1. The van der Waals surface area contributed by atoms with Crippen molar-refractivity contribution in [3.05, 3.63) is 24.4 Å². The number of carbonyl (C=O) groups excluding carboxylic acids is 1. The number of ether oxygens (including phenoxy) is 1. The van der Waals surface area contributed by atoms with E-state index in [-0.39, 0.29) is 18.0 Å². The molecule has 0 aliphatic rings. The second-order valence-electron chi connectivity index (χ2n) is 4.47. The van der Waals surface area contributed by atoms with E-state index in [0.717, 1.165) is 4.31 Å². The van der Waals surface area contributed by atoms with Gasteiger partial charge in [-0.05, 0) is 18.2 Å². The highest BCUT2D eigenvalue weighted by molar-refractivity contribution is 7.89. The van der Waals surface area contributed by atoms with Crippen LogP contribution in [0.25, 0.3) is 10.9 Å². The molecule has 8 heteroatoms. The number of rotatable bonds is 5. The Balaban J connectivity index is 2.49. The van der Waals surface area contributed by atoms with Gasteiger partial charge in [0, 0.05) is 29.3 Å². The van der Waals surface area contributed by atoms with E-state index in [1.54, 1.807) is 25.1 Å². The number of likely N-dealkylation sites (N-methyl/N-ethyl adjacent to an activating group) is 1. The lowest BCUT2D eigenvalue weighted by molar-refractivity contribution is -0.140. The Bertz CT molecular complexity index is 767. The molecule has 1 aromatic carbocycles. The van der Waals surface area contributed by atoms with Gasteiger partial charge in [-0.25, -0.2) is 8.42 Å². The summed E-state index contributed by atoms with van der Waals surface area (Å²) >= 11 is 0. The predicted octanol–water partition coefficient (Wildman–Crippen LogP) is 0.934. The quantitative estimate of drug-likeness (QED) is 0.631. The molecule has 2 rings (SSSR count). The van der Waals surface area contributed by atoms with Crippen molar-refractivity contribution in [3.63, 3.8) is 0 Å². The molecule has 0 bridgehead atoms. The van der Waals surface area contributed by atoms with E-state index in [9.17, 15) is 13.2 Å². The minimum absolute atomic E-state index is 0.0931. The summed E-state index contributed by atoms with van der Waals surface area (Å²) in [6.45, 7) is 1.49. The molecule has 0 unspecified atom stereocenters. The standard InChI is InChI=1S/C13H17N3O4S/c1-3-16(8-13(17)20-2)21(18,19)12-7-15-11-5-4-9(14)6-10(11)12/h4-7,15H,3,8,14H2,1-2H3. The van der Waals surface area contributed by atoms with Crippen LogP contribution < -0.4 is 5.73 Å². The van der Waals surface area contributed by atoms with Crippen molar-refractivity contribution in [1.82, 2.24) is 9.29 Å². The molecule has 0 atom stereocenters. The smallest absolute Gasteiger partial charge is 0.321 e. The number of sulfonamides is 1. The second kappa shape index (κ2) is 5.74. The lowest BCUT2D eigenvalue weighted by Gasteiger charge is -2.18. The van der Waals surface area contributed by atoms with Crippen molar-refractivity contribution in [2.24, 2.45) is 0 Å². The minimum atomic E-state index is -3.81. The zero-order valence-corrected chi connectivity index (χ0v) is 12.6. The SMILES string of the molecule is CCN(CC(=O)OC)S(=O)(=O)c1c[nH]c2ccc(N)cc12. The number of hydrogen-bond donors (Lipinski definition) is 2. The fourth-order valence-electron chi connectivity index (χ4n) is 2.04. The van der Waals surface area contributed by atoms with Crippen LogP contribution in [0.5, 0.6) is 0 Å². The van der Waals surface area contributed by atoms with Gasteiger partial charge in [0.2, 0.25) is 10.0 Å². The van der Waals surface area contributed by atoms with Crippen molar-refractivity contribution in [2.75, 3.05) is 25.9 Å². The predicted molar refractivity (Wildman–Crippen MR) is 79.2 cm³/mol. The van der Waals surface area contributed by atoms with Crippen molar-refractivity contribution in [3.8, 4) is 0 Å². The van der Waals surface area contributed by atoms with E-state index < -0.39 is 16.0 Å². The highest BCUT2D eigenvalue weighted by Gasteiger charge is 2.28. The molecule has 1 heterocycles. The van der Waals surface area contributed by atoms with Gasteiger partial charge in [-0.2, -0.15) is 4.31 Å². The second-order valence-corrected chi connectivity index (χ2v) is 6.37. The Kier molecular flexibility index (Phi) is 4.19. The maximum Gasteiger partial charge on any atom is 0.321 e. The van der Waals surface area contributed by atoms with E-state index in [1.165, 1.54) is 13.3 Å². The van der Waals surface area contributed by atoms with Crippen molar-refractivity contribution < 1.29 is 17.9 Å². The van der Waals surface area contributed by atoms with E-state index in [2.05, 4.69) is 9.72 Å². The Hall–Kier alpha value is -2.06. The molecule has 0 spiro atoms. The van der Waals surface area contributed by atoms with Gasteiger partial charge in [-0.1, -0.05) is 6.92 Å². The third-order valence-electron chi connectivity index (χ3n) is 3.17. The summed E-state index contributed by atoms with van der Waals surface area (Å²) < 4.78 is 30.9. The lowest BCUT2D eigenvalue weighted by Crippen LogP contribution is -2.35. The van der Waals surface area contributed by atoms with Gasteiger partial charge in [0.05, 0.1) is 7.11 Å². The molecule has 2 aromatic rings. The van der Waals surface area contributed by atoms with Crippen LogP contribution in [0.4, 0.5) is 5.69 Å². The average Bonchev–Trinajstić information content (AvgIpc) is 2.87. The molecular formula is C13H17N3O4S. The van der Waals surface area contributed by atoms with Crippen molar-refractivity contribution in [2.45, 2.75) is 11.8 Å². The van der Waals surface area contributed by atoms with Gasteiger partial charge in [0.15, 0.2) is 0 Å². The van der Waals surface area contributed by atoms with Crippen LogP contribution in [0.1, 0.15) is 6.92 Å². The number of H-pyrrole nitrogens is 1. The number of nitrogens with two attached hydrogens (primary N) is 1. The molecule has 1 aromatic heterocycles. The average molecular weight is 311 g/mol. The number of carbonyl (C=O) groups is 1. The summed E-state index contributed by atoms with van der Waals surface area (Å²) in [5.74, 6) is -0.611. The Morgan fingerprint density at radius 3 is 2.76 bits per heavy atom. The molecule has 7 nitrogen and oxygen atoms in total. The van der Waals surface area contributed by atoms with Gasteiger partial charge >= 0.3 is 5.97 Å². The first kappa shape index (κ1) is 15.3. The number of hydrogen-bond acceptors (Lipinski definition) is 5. The largest absolute Gasteiger partial charge is 0.468 e. The Morgan fingerprint density at radius 1 is 1.43 bits per heavy atom. The summed E-state index contributed by atoms with van der Waals surface area (Å²) in [4.78, 5) is 14.3. The fraction of sp³-hybridized carbons (Fsp3) is 0.308. The van der Waals surface area contributed by atoms with E-state index in [0.29, 0.717) is 16.6 Å². The number of esters is 1. The van der Waals surface area contributed by atoms with Crippen LogP contribution in [-0.2, 0) is 19.6 Å². The zero-order valence-electron chi connectivity index (χ0n) is 11.8. The molecule has 0 amide bonds. The van der Waals surface area contributed by atoms with Crippen LogP contribution in [0.15, 0.2) is 29.3 Å². The first-order valence-corrected chi connectivity index (χ1v) is 7.77. The molecular weight excluding hydrogens is 294 g/mol. The van der Waals surface area contributed by atoms with E-state index >= 15 is 0 Å². The zero-order chi connectivity index (χ0) is 15.6. The molecule has 0 fully saturated rings. The first-order valence-electron chi connectivity index (χ1n) is 6.33. The maximum atomic E-state index is 12.7. The highest BCUT2D eigenvalue weighted by Crippen LogP contribution is 2.27. The number of nitrogens with one attached hydrogen (secondary N) is 1. The number of anilines is 1. The molecule has 114 valence electrons. The summed E-state index contributed by atoms with van der Waals surface area (Å²) in [7, 11) is -2.59. The van der Waals surface area contributed by atoms with Crippen LogP contribution in [0, 0.1) is 0 Å². The van der Waals surface area contributed by atoms with Crippen LogP contribution >= 0.6 is 0 Å². The Morgan fingerprint density at radius 2 is 2.14 bits per heavy atom. The third-order valence-corrected chi connectivity index (χ3v) is 5.13. The topological polar surface area (TPSA) is 105 Å². The summed E-state index contributed by atoms with van der Waals surface area (Å²) in [6.07, 6.45) is 1.40. The van der Waals surface area contributed by atoms with Gasteiger partial charge in [-0.15, -0.1) is 0 Å². The number of methoxy groups -OCH3 is 1. The number of nitrogen functional groups attached to an aromatic ring is 1. The van der Waals surface area contributed by atoms with Gasteiger partial charge < -0.3 is 15.5 Å². The molecule has 0 radical (unpaired) electrons. The van der Waals surface area contributed by atoms with Crippen molar-refractivity contribution in [1.29, 1.82) is 0 Å². The third kappa shape index (κ3) is 2.86. The number of aromatic amines is 1. The maximum absolute atomic E-state index is 12.7. The lowest BCUT2D eigenvalue weighted by atomic mass is 10.2. The highest BCUT2D eigenvalue weighted by atomic mass is 32.2. The first-order chi connectivity index (χ1) is 9.90. The Labute approximate surface area is 122 Å². The summed E-state index contributed by atoms with van der Waals surface area (Å²) in [5.41, 5.74) is 6.84. The monoisotopic (exact) mass is 311 g/mol. The van der Waals surface area contributed by atoms with Gasteiger partial charge in [0.1, 0.15) is 11.4 Å². The molecule has 21 heavy (non-hydrogen) atoms. The normalized spacial score (nSPS) is 12.0. The summed E-state index contributed by atoms with van der Waals surface area (Å²) in [6, 6.07) is 4.98. The van der Waals surface area contributed by atoms with E-state index in [1.807, 2.05) is 0 Å². The molecule has 0 saturated carbocycles. The molecule has 3 N–H and O–H groups in total. The molecule has 0 saturated heterocycles. The minimum Gasteiger partial charge on any atom is -0.468 e. The fourth-order valence-corrected chi connectivity index (χ4v) is 3.59. The van der Waals surface area contributed by atoms with Crippen LogP contribution in [0.3, 0.4) is 0 Å². The molecule has 0 aliphatic carbocycles. The van der Waals surface area contributed by atoms with Gasteiger partial charge in [0.25, 0.3) is 0 Å². The molecule has 0 aliphatic heterocycles. The van der Waals surface area contributed by atoms with Crippen molar-refractivity contribution >= 4 is 32.6 Å². The van der Waals surface area contributed by atoms with Crippen LogP contribution in [-0.4, -0.2) is 43.9 Å². The van der Waals surface area contributed by atoms with E-state index in [4.69, 9.17) is 5.73 Å². The number of aromatic nitrogens is 1. The number of benzene rings is 1. The summed E-state index contributed by atoms with van der Waals surface area (Å²) in [5, 5.41) is 0.498. The number of nitrogens with zero attached hydrogens (tertiary/aromatic N) is 1. The van der Waals surface area contributed by atoms with Gasteiger partial charge in [-0.3, -0.25) is 4.79 Å².